The molecule has 1 aliphatic heterocycles. The van der Waals surface area contributed by atoms with Crippen LogP contribution in [0.25, 0.3) is 0 Å². The highest BCUT2D eigenvalue weighted by Gasteiger charge is 2.24. The normalized spacial score (nSPS) is 23.6. The number of carbonyl (C=O) groups excluding carboxylic acids is 1. The molecule has 1 amide bonds. The largest absolute Gasteiger partial charge is 0.378 e. The number of rotatable bonds is 3. The van der Waals surface area contributed by atoms with Crippen molar-refractivity contribution in [2.24, 2.45) is 5.92 Å². The van der Waals surface area contributed by atoms with Crippen LogP contribution in [0, 0.1) is 5.92 Å². The van der Waals surface area contributed by atoms with E-state index in [0.717, 1.165) is 13.0 Å². The van der Waals surface area contributed by atoms with Crippen molar-refractivity contribution in [2.45, 2.75) is 19.4 Å². The maximum Gasteiger partial charge on any atom is 0.254 e. The van der Waals surface area contributed by atoms with E-state index in [1.165, 1.54) is 0 Å². The van der Waals surface area contributed by atoms with E-state index in [1.54, 1.807) is 18.3 Å². The first kappa shape index (κ1) is 12.5. The highest BCUT2D eigenvalue weighted by molar-refractivity contribution is 9.10. The summed E-state index contributed by atoms with van der Waals surface area (Å²) < 4.78 is 6.03. The highest BCUT2D eigenvalue weighted by atomic mass is 79.9. The summed E-state index contributed by atoms with van der Waals surface area (Å²) >= 11 is 3.27. The zero-order valence-electron chi connectivity index (χ0n) is 9.65. The van der Waals surface area contributed by atoms with Gasteiger partial charge in [0, 0.05) is 25.3 Å². The SMILES string of the molecule is CC1OCCC1CNC(=O)c1cccnc1Br. The van der Waals surface area contributed by atoms with Gasteiger partial charge in [-0.05, 0) is 41.4 Å². The number of halogens is 1. The Hall–Kier alpha value is -0.940. The van der Waals surface area contributed by atoms with Gasteiger partial charge in [0.2, 0.25) is 0 Å². The van der Waals surface area contributed by atoms with Crippen LogP contribution in [0.4, 0.5) is 0 Å². The van der Waals surface area contributed by atoms with Gasteiger partial charge in [-0.25, -0.2) is 4.98 Å². The van der Waals surface area contributed by atoms with Crippen LogP contribution in [0.2, 0.25) is 0 Å². The Morgan fingerprint density at radius 2 is 2.53 bits per heavy atom. The molecule has 1 aromatic rings. The Labute approximate surface area is 109 Å². The first-order chi connectivity index (χ1) is 8.18. The van der Waals surface area contributed by atoms with Crippen LogP contribution in [0.3, 0.4) is 0 Å². The molecule has 1 aromatic heterocycles. The Kier molecular flexibility index (Phi) is 4.12. The number of carbonyl (C=O) groups is 1. The van der Waals surface area contributed by atoms with E-state index in [1.807, 2.05) is 6.92 Å². The van der Waals surface area contributed by atoms with E-state index in [9.17, 15) is 4.79 Å². The minimum absolute atomic E-state index is 0.0934. The molecule has 17 heavy (non-hydrogen) atoms. The third-order valence-corrected chi connectivity index (χ3v) is 3.69. The van der Waals surface area contributed by atoms with Gasteiger partial charge < -0.3 is 10.1 Å². The molecule has 1 saturated heterocycles. The number of amides is 1. The number of hydrogen-bond acceptors (Lipinski definition) is 3. The second-order valence-electron chi connectivity index (χ2n) is 4.18. The highest BCUT2D eigenvalue weighted by Crippen LogP contribution is 2.19. The average molecular weight is 299 g/mol. The summed E-state index contributed by atoms with van der Waals surface area (Å²) in [7, 11) is 0. The molecular weight excluding hydrogens is 284 g/mol. The van der Waals surface area contributed by atoms with Gasteiger partial charge >= 0.3 is 0 Å². The van der Waals surface area contributed by atoms with Crippen molar-refractivity contribution in [1.29, 1.82) is 0 Å². The summed E-state index contributed by atoms with van der Waals surface area (Å²) in [6, 6.07) is 3.50. The van der Waals surface area contributed by atoms with E-state index in [2.05, 4.69) is 26.2 Å². The second kappa shape index (κ2) is 5.60. The fourth-order valence-electron chi connectivity index (χ4n) is 1.92. The molecule has 0 saturated carbocycles. The van der Waals surface area contributed by atoms with E-state index in [-0.39, 0.29) is 12.0 Å². The zero-order chi connectivity index (χ0) is 12.3. The molecule has 5 heteroatoms. The maximum absolute atomic E-state index is 11.9. The monoisotopic (exact) mass is 298 g/mol. The minimum Gasteiger partial charge on any atom is -0.378 e. The van der Waals surface area contributed by atoms with Gasteiger partial charge in [0.15, 0.2) is 0 Å². The van der Waals surface area contributed by atoms with Crippen molar-refractivity contribution >= 4 is 21.8 Å². The van der Waals surface area contributed by atoms with Crippen molar-refractivity contribution in [2.75, 3.05) is 13.2 Å². The molecular formula is C12H15BrN2O2. The summed E-state index contributed by atoms with van der Waals surface area (Å²) in [5.41, 5.74) is 0.569. The molecule has 1 fully saturated rings. The molecule has 0 radical (unpaired) electrons. The topological polar surface area (TPSA) is 51.2 Å². The number of pyridine rings is 1. The van der Waals surface area contributed by atoms with Crippen molar-refractivity contribution < 1.29 is 9.53 Å². The van der Waals surface area contributed by atoms with Crippen LogP contribution in [-0.4, -0.2) is 30.1 Å². The van der Waals surface area contributed by atoms with Crippen LogP contribution in [-0.2, 0) is 4.74 Å². The van der Waals surface area contributed by atoms with E-state index in [0.29, 0.717) is 22.6 Å². The first-order valence-electron chi connectivity index (χ1n) is 5.69. The molecule has 1 N–H and O–H groups in total. The summed E-state index contributed by atoms with van der Waals surface area (Å²) in [6.07, 6.45) is 2.89. The lowest BCUT2D eigenvalue weighted by atomic mass is 10.0. The molecule has 1 aliphatic rings. The summed E-state index contributed by atoms with van der Waals surface area (Å²) in [5.74, 6) is 0.318. The van der Waals surface area contributed by atoms with Gasteiger partial charge in [-0.2, -0.15) is 0 Å². The molecule has 2 rings (SSSR count). The lowest BCUT2D eigenvalue weighted by Crippen LogP contribution is -2.32. The fraction of sp³-hybridized carbons (Fsp3) is 0.500. The fourth-order valence-corrected chi connectivity index (χ4v) is 2.35. The van der Waals surface area contributed by atoms with Crippen molar-refractivity contribution in [3.8, 4) is 0 Å². The summed E-state index contributed by atoms with van der Waals surface area (Å²) in [5, 5.41) is 2.92. The van der Waals surface area contributed by atoms with Crippen LogP contribution >= 0.6 is 15.9 Å². The predicted octanol–water partition coefficient (Wildman–Crippen LogP) is 2.00. The van der Waals surface area contributed by atoms with Gasteiger partial charge in [-0.15, -0.1) is 0 Å². The minimum atomic E-state index is -0.0934. The number of ether oxygens (including phenoxy) is 1. The number of aromatic nitrogens is 1. The zero-order valence-corrected chi connectivity index (χ0v) is 11.2. The van der Waals surface area contributed by atoms with Gasteiger partial charge in [0.1, 0.15) is 4.60 Å². The number of nitrogens with zero attached hydrogens (tertiary/aromatic N) is 1. The molecule has 2 atom stereocenters. The molecule has 0 bridgehead atoms. The third kappa shape index (κ3) is 3.04. The molecule has 0 spiro atoms. The lowest BCUT2D eigenvalue weighted by molar-refractivity contribution is 0.0906. The van der Waals surface area contributed by atoms with E-state index in [4.69, 9.17) is 4.74 Å². The predicted molar refractivity (Wildman–Crippen MR) is 67.8 cm³/mol. The molecule has 0 aliphatic carbocycles. The van der Waals surface area contributed by atoms with Gasteiger partial charge in [-0.3, -0.25) is 4.79 Å². The van der Waals surface area contributed by atoms with Gasteiger partial charge in [-0.1, -0.05) is 0 Å². The first-order valence-corrected chi connectivity index (χ1v) is 6.48. The number of nitrogens with one attached hydrogen (secondary N) is 1. The smallest absolute Gasteiger partial charge is 0.254 e. The Balaban J connectivity index is 1.91. The van der Waals surface area contributed by atoms with E-state index >= 15 is 0 Å². The second-order valence-corrected chi connectivity index (χ2v) is 4.93. The molecule has 4 nitrogen and oxygen atoms in total. The van der Waals surface area contributed by atoms with Crippen molar-refractivity contribution in [3.05, 3.63) is 28.5 Å². The summed E-state index contributed by atoms with van der Waals surface area (Å²) in [4.78, 5) is 15.9. The quantitative estimate of drug-likeness (QED) is 0.869. The average Bonchev–Trinajstić information content (AvgIpc) is 2.72. The summed E-state index contributed by atoms with van der Waals surface area (Å²) in [6.45, 7) is 3.49. The van der Waals surface area contributed by atoms with Crippen LogP contribution in [0.15, 0.2) is 22.9 Å². The standard InChI is InChI=1S/C12H15BrN2O2/c1-8-9(4-6-17-8)7-15-12(16)10-3-2-5-14-11(10)13/h2-3,5,8-9H,4,6-7H2,1H3,(H,15,16). The van der Waals surface area contributed by atoms with E-state index < -0.39 is 0 Å². The van der Waals surface area contributed by atoms with Crippen molar-refractivity contribution in [3.63, 3.8) is 0 Å². The molecule has 92 valence electrons. The van der Waals surface area contributed by atoms with Crippen LogP contribution in [0.5, 0.6) is 0 Å². The third-order valence-electron chi connectivity index (χ3n) is 3.06. The molecule has 0 aromatic carbocycles. The lowest BCUT2D eigenvalue weighted by Gasteiger charge is -2.14. The van der Waals surface area contributed by atoms with Crippen LogP contribution in [0.1, 0.15) is 23.7 Å². The Bertz CT molecular complexity index is 411. The molecule has 2 unspecified atom stereocenters. The van der Waals surface area contributed by atoms with Crippen molar-refractivity contribution in [1.82, 2.24) is 10.3 Å². The maximum atomic E-state index is 11.9. The van der Waals surface area contributed by atoms with Gasteiger partial charge in [0.05, 0.1) is 11.7 Å². The molecule has 2 heterocycles. The number of hydrogen-bond donors (Lipinski definition) is 1. The Morgan fingerprint density at radius 3 is 3.18 bits per heavy atom. The Morgan fingerprint density at radius 1 is 1.71 bits per heavy atom. The van der Waals surface area contributed by atoms with Crippen LogP contribution < -0.4 is 5.32 Å². The van der Waals surface area contributed by atoms with Gasteiger partial charge in [0.25, 0.3) is 5.91 Å².